The molecule has 0 N–H and O–H groups in total. The highest BCUT2D eigenvalue weighted by atomic mass is 14.8. The molecule has 0 saturated carbocycles. The Morgan fingerprint density at radius 2 is 1.00 bits per heavy atom. The lowest BCUT2D eigenvalue weighted by Crippen LogP contribution is -2.13. The van der Waals surface area contributed by atoms with E-state index < -0.39 is 0 Å². The fourth-order valence-electron chi connectivity index (χ4n) is 6.59. The zero-order valence-corrected chi connectivity index (χ0v) is 21.8. The molecule has 2 aliphatic rings. The average Bonchev–Trinajstić information content (AvgIpc) is 2.88. The number of benzene rings is 1. The summed E-state index contributed by atoms with van der Waals surface area (Å²) in [5.74, 6) is 0. The summed E-state index contributed by atoms with van der Waals surface area (Å²) in [6, 6.07) is 4.86. The second kappa shape index (κ2) is 11.2. The van der Waals surface area contributed by atoms with Gasteiger partial charge >= 0.3 is 0 Å². The summed E-state index contributed by atoms with van der Waals surface area (Å²) in [6.07, 6.45) is 23.0. The van der Waals surface area contributed by atoms with Crippen LogP contribution in [-0.2, 0) is 38.5 Å². The van der Waals surface area contributed by atoms with Gasteiger partial charge in [0.05, 0.1) is 11.0 Å². The molecule has 1 aromatic carbocycles. The Morgan fingerprint density at radius 1 is 0.559 bits per heavy atom. The number of pyridine rings is 2. The monoisotopic (exact) mass is 456 g/mol. The van der Waals surface area contributed by atoms with E-state index in [1.807, 2.05) is 0 Å². The summed E-state index contributed by atoms with van der Waals surface area (Å²) in [7, 11) is 0. The molecule has 0 spiro atoms. The minimum atomic E-state index is 1.15. The quantitative estimate of drug-likeness (QED) is 0.225. The molecule has 0 atom stereocenters. The number of hydrogen-bond acceptors (Lipinski definition) is 2. The first-order chi connectivity index (χ1) is 16.8. The molecule has 2 aliphatic carbocycles. The van der Waals surface area contributed by atoms with Crippen molar-refractivity contribution in [1.29, 1.82) is 0 Å². The van der Waals surface area contributed by atoms with E-state index in [-0.39, 0.29) is 0 Å². The number of nitrogens with zero attached hydrogens (tertiary/aromatic N) is 2. The van der Waals surface area contributed by atoms with Crippen LogP contribution in [0.2, 0.25) is 0 Å². The molecule has 0 unspecified atom stereocenters. The molecule has 0 amide bonds. The van der Waals surface area contributed by atoms with Crippen LogP contribution < -0.4 is 0 Å². The molecule has 0 fully saturated rings. The van der Waals surface area contributed by atoms with Crippen molar-refractivity contribution < 1.29 is 0 Å². The van der Waals surface area contributed by atoms with Crippen molar-refractivity contribution in [3.05, 3.63) is 45.8 Å². The average molecular weight is 457 g/mol. The van der Waals surface area contributed by atoms with Gasteiger partial charge in [0.25, 0.3) is 0 Å². The molecule has 5 rings (SSSR count). The number of hydrogen-bond donors (Lipinski definition) is 0. The Labute approximate surface area is 207 Å². The zero-order valence-electron chi connectivity index (χ0n) is 21.8. The van der Waals surface area contributed by atoms with Gasteiger partial charge in [0, 0.05) is 22.2 Å². The molecule has 3 aromatic rings. The first-order valence-corrected chi connectivity index (χ1v) is 14.6. The molecule has 0 saturated heterocycles. The maximum absolute atomic E-state index is 5.39. The van der Waals surface area contributed by atoms with Crippen LogP contribution >= 0.6 is 0 Å². The molecule has 2 nitrogen and oxygen atoms in total. The van der Waals surface area contributed by atoms with Crippen LogP contribution in [0.4, 0.5) is 0 Å². The summed E-state index contributed by atoms with van der Waals surface area (Å²) < 4.78 is 0. The van der Waals surface area contributed by atoms with E-state index in [4.69, 9.17) is 9.97 Å². The van der Waals surface area contributed by atoms with Gasteiger partial charge < -0.3 is 0 Å². The van der Waals surface area contributed by atoms with Gasteiger partial charge in [-0.2, -0.15) is 0 Å². The van der Waals surface area contributed by atoms with E-state index in [0.29, 0.717) is 0 Å². The molecular weight excluding hydrogens is 412 g/mol. The van der Waals surface area contributed by atoms with Crippen molar-refractivity contribution in [3.8, 4) is 0 Å². The van der Waals surface area contributed by atoms with Gasteiger partial charge in [0.15, 0.2) is 0 Å². The lowest BCUT2D eigenvalue weighted by atomic mass is 9.85. The Morgan fingerprint density at radius 3 is 1.44 bits per heavy atom. The molecule has 2 heteroatoms. The topological polar surface area (TPSA) is 25.8 Å². The van der Waals surface area contributed by atoms with Crippen molar-refractivity contribution in [3.63, 3.8) is 0 Å². The minimum absolute atomic E-state index is 1.15. The number of aromatic nitrogens is 2. The molecule has 182 valence electrons. The lowest BCUT2D eigenvalue weighted by Gasteiger charge is -2.24. The molecular formula is C32H44N2. The van der Waals surface area contributed by atoms with Gasteiger partial charge in [-0.05, 0) is 99.3 Å². The Bertz CT molecular complexity index is 1050. The third-order valence-electron chi connectivity index (χ3n) is 8.46. The zero-order chi connectivity index (χ0) is 23.3. The molecule has 0 aliphatic heterocycles. The maximum Gasteiger partial charge on any atom is 0.0971 e. The van der Waals surface area contributed by atoms with Crippen LogP contribution in [0.1, 0.15) is 125 Å². The largest absolute Gasteiger partial charge is 0.250 e. The van der Waals surface area contributed by atoms with Crippen molar-refractivity contribution in [2.75, 3.05) is 0 Å². The maximum atomic E-state index is 5.39. The molecule has 2 aromatic heterocycles. The van der Waals surface area contributed by atoms with E-state index in [1.54, 1.807) is 22.3 Å². The molecule has 34 heavy (non-hydrogen) atoms. The van der Waals surface area contributed by atoms with Crippen molar-refractivity contribution in [1.82, 2.24) is 9.97 Å². The number of fused-ring (bicyclic) bond motifs is 5. The fraction of sp³-hybridized carbons (Fsp3) is 0.625. The van der Waals surface area contributed by atoms with Crippen molar-refractivity contribution in [2.24, 2.45) is 0 Å². The van der Waals surface area contributed by atoms with Gasteiger partial charge in [-0.15, -0.1) is 0 Å². The minimum Gasteiger partial charge on any atom is -0.250 e. The van der Waals surface area contributed by atoms with Crippen molar-refractivity contribution >= 4 is 21.8 Å². The Balaban J connectivity index is 1.65. The third-order valence-corrected chi connectivity index (χ3v) is 8.46. The van der Waals surface area contributed by atoms with Gasteiger partial charge in [-0.3, -0.25) is 9.97 Å². The third kappa shape index (κ3) is 4.75. The normalized spacial score (nSPS) is 15.6. The first kappa shape index (κ1) is 23.8. The van der Waals surface area contributed by atoms with E-state index in [2.05, 4.69) is 26.0 Å². The highest BCUT2D eigenvalue weighted by Gasteiger charge is 2.23. The smallest absolute Gasteiger partial charge is 0.0971 e. The predicted octanol–water partition coefficient (Wildman–Crippen LogP) is 8.79. The van der Waals surface area contributed by atoms with Crippen LogP contribution in [0, 0.1) is 0 Å². The van der Waals surface area contributed by atoms with Gasteiger partial charge in [0.1, 0.15) is 0 Å². The molecule has 0 bridgehead atoms. The molecule has 0 radical (unpaired) electrons. The van der Waals surface area contributed by atoms with Crippen LogP contribution in [0.15, 0.2) is 12.1 Å². The number of aryl methyl sites for hydroxylation is 4. The SMILES string of the molecule is CCCCCCc1c2c(nc3c1ccc1c(CCCCCC)c4c(nc13)CCCC4)CCCC2. The van der Waals surface area contributed by atoms with Gasteiger partial charge in [-0.1, -0.05) is 64.5 Å². The summed E-state index contributed by atoms with van der Waals surface area (Å²) in [4.78, 5) is 10.8. The summed E-state index contributed by atoms with van der Waals surface area (Å²) in [5, 5.41) is 2.81. The first-order valence-electron chi connectivity index (χ1n) is 14.6. The highest BCUT2D eigenvalue weighted by molar-refractivity contribution is 6.06. The fourth-order valence-corrected chi connectivity index (χ4v) is 6.59. The summed E-state index contributed by atoms with van der Waals surface area (Å²) in [5.41, 5.74) is 11.6. The standard InChI is InChI=1S/C32H44N2/c1-3-5-7-9-15-23-25-17-11-13-19-29(25)33-31-27(23)21-22-28-24(16-10-8-6-4-2)26-18-12-14-20-30(26)34-32(28)31/h21-22H,3-20H2,1-2H3. The predicted molar refractivity (Wildman–Crippen MR) is 146 cm³/mol. The number of rotatable bonds is 10. The van der Waals surface area contributed by atoms with E-state index >= 15 is 0 Å². The van der Waals surface area contributed by atoms with Crippen LogP contribution in [0.25, 0.3) is 21.8 Å². The van der Waals surface area contributed by atoms with Crippen LogP contribution in [0.3, 0.4) is 0 Å². The second-order valence-electron chi connectivity index (χ2n) is 10.9. The highest BCUT2D eigenvalue weighted by Crippen LogP contribution is 2.37. The van der Waals surface area contributed by atoms with E-state index in [0.717, 1.165) is 12.8 Å². The second-order valence-corrected chi connectivity index (χ2v) is 10.9. The van der Waals surface area contributed by atoms with E-state index in [1.165, 1.54) is 136 Å². The number of unbranched alkanes of at least 4 members (excludes halogenated alkanes) is 6. The van der Waals surface area contributed by atoms with Crippen LogP contribution in [0.5, 0.6) is 0 Å². The van der Waals surface area contributed by atoms with Gasteiger partial charge in [0.2, 0.25) is 0 Å². The van der Waals surface area contributed by atoms with E-state index in [9.17, 15) is 0 Å². The summed E-state index contributed by atoms with van der Waals surface area (Å²) in [6.45, 7) is 4.62. The molecule has 2 heterocycles. The summed E-state index contributed by atoms with van der Waals surface area (Å²) >= 11 is 0. The lowest BCUT2D eigenvalue weighted by molar-refractivity contribution is 0.642. The van der Waals surface area contributed by atoms with Crippen molar-refractivity contribution in [2.45, 2.75) is 129 Å². The van der Waals surface area contributed by atoms with Gasteiger partial charge in [-0.25, -0.2) is 0 Å². The Hall–Kier alpha value is -1.96. The van der Waals surface area contributed by atoms with Crippen LogP contribution in [-0.4, -0.2) is 9.97 Å². The Kier molecular flexibility index (Phi) is 7.82.